The molecular formula is C32H34ClF3N2O6S. The predicted molar refractivity (Wildman–Crippen MR) is 159 cm³/mol. The molecule has 2 saturated carbocycles. The summed E-state index contributed by atoms with van der Waals surface area (Å²) in [7, 11) is -4.67. The van der Waals surface area contributed by atoms with E-state index in [0.29, 0.717) is 35.9 Å². The van der Waals surface area contributed by atoms with Crippen molar-refractivity contribution in [1.82, 2.24) is 10.2 Å². The zero-order chi connectivity index (χ0) is 32.7. The second-order valence-corrected chi connectivity index (χ2v) is 14.9. The first-order valence-corrected chi connectivity index (χ1v) is 17.0. The van der Waals surface area contributed by atoms with Crippen LogP contribution in [0.3, 0.4) is 0 Å². The Labute approximate surface area is 264 Å². The molecule has 0 aromatic heterocycles. The lowest BCUT2D eigenvalue weighted by molar-refractivity contribution is -0.143. The first-order chi connectivity index (χ1) is 21.2. The van der Waals surface area contributed by atoms with Gasteiger partial charge in [0.15, 0.2) is 15.6 Å². The third-order valence-corrected chi connectivity index (χ3v) is 11.4. The molecule has 45 heavy (non-hydrogen) atoms. The molecule has 2 amide bonds. The van der Waals surface area contributed by atoms with Gasteiger partial charge < -0.3 is 10.2 Å². The zero-order valence-corrected chi connectivity index (χ0v) is 26.2. The van der Waals surface area contributed by atoms with E-state index in [0.717, 1.165) is 25.0 Å². The highest BCUT2D eigenvalue weighted by molar-refractivity contribution is 7.92. The Balaban J connectivity index is 1.47. The van der Waals surface area contributed by atoms with Gasteiger partial charge in [0.2, 0.25) is 11.7 Å². The van der Waals surface area contributed by atoms with Crippen molar-refractivity contribution < 1.29 is 40.8 Å². The highest BCUT2D eigenvalue weighted by atomic mass is 35.5. The van der Waals surface area contributed by atoms with E-state index in [4.69, 9.17) is 11.6 Å². The Kier molecular flexibility index (Phi) is 9.21. The van der Waals surface area contributed by atoms with Crippen LogP contribution in [0.15, 0.2) is 53.4 Å². The Morgan fingerprint density at radius 3 is 2.27 bits per heavy atom. The molecule has 3 atom stereocenters. The third-order valence-electron chi connectivity index (χ3n) is 8.98. The minimum Gasteiger partial charge on any atom is -0.347 e. The van der Waals surface area contributed by atoms with Gasteiger partial charge in [0.05, 0.1) is 27.2 Å². The average molecular weight is 667 g/mol. The SMILES string of the molecule is CCC[C@H](CC(=O)[C@@H]1C[C@@H](S(=O)(=O)c2ccccc2C(F)(F)F)CN1C(=O)C1(c2ccc(Cl)cc2)CC1)C(=O)C(=O)NC1CC1. The third kappa shape index (κ3) is 6.82. The number of nitrogens with zero attached hydrogens (tertiary/aromatic N) is 1. The number of rotatable bonds is 12. The summed E-state index contributed by atoms with van der Waals surface area (Å²) in [5.41, 5.74) is -1.73. The fraction of sp³-hybridized carbons (Fsp3) is 0.500. The molecule has 0 spiro atoms. The van der Waals surface area contributed by atoms with E-state index < -0.39 is 91.9 Å². The normalized spacial score (nSPS) is 21.7. The molecule has 3 fully saturated rings. The summed E-state index contributed by atoms with van der Waals surface area (Å²) in [6.45, 7) is 1.30. The van der Waals surface area contributed by atoms with Crippen LogP contribution in [0.5, 0.6) is 0 Å². The van der Waals surface area contributed by atoms with Crippen molar-refractivity contribution in [3.63, 3.8) is 0 Å². The van der Waals surface area contributed by atoms with Crippen molar-refractivity contribution in [1.29, 1.82) is 0 Å². The van der Waals surface area contributed by atoms with E-state index in [-0.39, 0.29) is 12.5 Å². The fourth-order valence-electron chi connectivity index (χ4n) is 6.20. The maximum Gasteiger partial charge on any atom is 0.417 e. The number of amides is 2. The van der Waals surface area contributed by atoms with Gasteiger partial charge in [-0.05, 0) is 68.4 Å². The quantitative estimate of drug-likeness (QED) is 0.317. The molecule has 13 heteroatoms. The number of Topliss-reactive ketones (excluding diaryl/α,β-unsaturated/α-hetero) is 2. The van der Waals surface area contributed by atoms with Crippen LogP contribution in [0.2, 0.25) is 5.02 Å². The van der Waals surface area contributed by atoms with Crippen LogP contribution in [0.25, 0.3) is 0 Å². The molecule has 0 unspecified atom stereocenters. The lowest BCUT2D eigenvalue weighted by Crippen LogP contribution is -2.47. The monoisotopic (exact) mass is 666 g/mol. The number of carbonyl (C=O) groups excluding carboxylic acids is 4. The van der Waals surface area contributed by atoms with E-state index in [1.165, 1.54) is 11.0 Å². The van der Waals surface area contributed by atoms with E-state index in [1.807, 2.05) is 0 Å². The molecule has 8 nitrogen and oxygen atoms in total. The van der Waals surface area contributed by atoms with Gasteiger partial charge in [-0.2, -0.15) is 13.2 Å². The summed E-state index contributed by atoms with van der Waals surface area (Å²) in [4.78, 5) is 53.9. The molecule has 242 valence electrons. The summed E-state index contributed by atoms with van der Waals surface area (Å²) < 4.78 is 69.1. The van der Waals surface area contributed by atoms with Crippen LogP contribution in [0, 0.1) is 5.92 Å². The number of halogens is 4. The molecule has 0 bridgehead atoms. The first kappa shape index (κ1) is 33.1. The highest BCUT2D eigenvalue weighted by Gasteiger charge is 2.57. The van der Waals surface area contributed by atoms with E-state index >= 15 is 0 Å². The number of carbonyl (C=O) groups is 4. The second-order valence-electron chi connectivity index (χ2n) is 12.2. The van der Waals surface area contributed by atoms with Gasteiger partial charge in [-0.25, -0.2) is 8.42 Å². The van der Waals surface area contributed by atoms with E-state index in [1.54, 1.807) is 31.2 Å². The van der Waals surface area contributed by atoms with Crippen LogP contribution in [-0.4, -0.2) is 60.6 Å². The smallest absolute Gasteiger partial charge is 0.347 e. The number of ketones is 2. The topological polar surface area (TPSA) is 118 Å². The highest BCUT2D eigenvalue weighted by Crippen LogP contribution is 2.51. The molecule has 3 aliphatic rings. The number of likely N-dealkylation sites (tertiary alicyclic amines) is 1. The number of nitrogens with one attached hydrogen (secondary N) is 1. The number of alkyl halides is 3. The molecule has 1 heterocycles. The maximum absolute atomic E-state index is 14.2. The van der Waals surface area contributed by atoms with Crippen molar-refractivity contribution in [2.75, 3.05) is 6.54 Å². The van der Waals surface area contributed by atoms with E-state index in [9.17, 15) is 40.8 Å². The summed E-state index contributed by atoms with van der Waals surface area (Å²) in [6, 6.07) is 9.06. The van der Waals surface area contributed by atoms with Crippen molar-refractivity contribution in [2.45, 2.75) is 92.1 Å². The number of hydrogen-bond donors (Lipinski definition) is 1. The van der Waals surface area contributed by atoms with Gasteiger partial charge in [-0.15, -0.1) is 0 Å². The Morgan fingerprint density at radius 1 is 1.04 bits per heavy atom. The Morgan fingerprint density at radius 2 is 1.69 bits per heavy atom. The summed E-state index contributed by atoms with van der Waals surface area (Å²) in [5.74, 6) is -3.63. The van der Waals surface area contributed by atoms with Gasteiger partial charge in [0.25, 0.3) is 5.91 Å². The van der Waals surface area contributed by atoms with Crippen molar-refractivity contribution >= 4 is 44.8 Å². The zero-order valence-electron chi connectivity index (χ0n) is 24.6. The van der Waals surface area contributed by atoms with Crippen molar-refractivity contribution in [3.05, 3.63) is 64.7 Å². The largest absolute Gasteiger partial charge is 0.417 e. The lowest BCUT2D eigenvalue weighted by Gasteiger charge is -2.29. The van der Waals surface area contributed by atoms with Gasteiger partial charge in [-0.1, -0.05) is 49.2 Å². The Hall–Kier alpha value is -3.25. The summed E-state index contributed by atoms with van der Waals surface area (Å²) in [6.07, 6.45) is -2.70. The number of hydrogen-bond acceptors (Lipinski definition) is 6. The molecular weight excluding hydrogens is 633 g/mol. The standard InChI is InChI=1S/C32H34ClF3N2O6S/c1-2-5-19(28(40)29(41)37-22-12-13-22)16-26(39)25-17-23(45(43,44)27-7-4-3-6-24(27)32(34,35)36)18-38(25)30(42)31(14-15-31)20-8-10-21(33)11-9-20/h3-4,6-11,19,22-23,25H,2,5,12-18H2,1H3,(H,37,41)/t19-,23-,25+/m1/s1. The molecule has 2 aromatic carbocycles. The van der Waals surface area contributed by atoms with Crippen LogP contribution in [-0.2, 0) is 40.6 Å². The minimum absolute atomic E-state index is 0.0736. The van der Waals surface area contributed by atoms with Crippen LogP contribution >= 0.6 is 11.6 Å². The first-order valence-electron chi connectivity index (χ1n) is 15.0. The van der Waals surface area contributed by atoms with Crippen molar-refractivity contribution in [3.8, 4) is 0 Å². The fourth-order valence-corrected chi connectivity index (χ4v) is 8.23. The second kappa shape index (κ2) is 12.5. The van der Waals surface area contributed by atoms with Crippen LogP contribution in [0.1, 0.15) is 69.4 Å². The van der Waals surface area contributed by atoms with Crippen LogP contribution < -0.4 is 5.32 Å². The van der Waals surface area contributed by atoms with E-state index in [2.05, 4.69) is 5.32 Å². The Bertz CT molecular complexity index is 1600. The van der Waals surface area contributed by atoms with Gasteiger partial charge >= 0.3 is 6.18 Å². The minimum atomic E-state index is -4.95. The number of benzene rings is 2. The molecule has 2 aromatic rings. The molecule has 1 saturated heterocycles. The van der Waals surface area contributed by atoms with Gasteiger partial charge in [0, 0.05) is 29.9 Å². The average Bonchev–Trinajstić information content (AvgIpc) is 3.93. The van der Waals surface area contributed by atoms with Crippen LogP contribution in [0.4, 0.5) is 13.2 Å². The summed E-state index contributed by atoms with van der Waals surface area (Å²) in [5, 5.41) is 1.58. The molecule has 5 rings (SSSR count). The molecule has 2 aliphatic carbocycles. The van der Waals surface area contributed by atoms with Gasteiger partial charge in [0.1, 0.15) is 0 Å². The molecule has 1 aliphatic heterocycles. The van der Waals surface area contributed by atoms with Gasteiger partial charge in [-0.3, -0.25) is 19.2 Å². The number of sulfone groups is 1. The lowest BCUT2D eigenvalue weighted by atomic mass is 9.89. The van der Waals surface area contributed by atoms with Crippen molar-refractivity contribution in [2.24, 2.45) is 5.92 Å². The summed E-state index contributed by atoms with van der Waals surface area (Å²) >= 11 is 6.04. The predicted octanol–water partition coefficient (Wildman–Crippen LogP) is 5.06. The molecule has 1 N–H and O–H groups in total. The molecule has 0 radical (unpaired) electrons. The maximum atomic E-state index is 14.2.